The topological polar surface area (TPSA) is 79.7 Å². The molecule has 4 aromatic rings. The predicted molar refractivity (Wildman–Crippen MR) is 147 cm³/mol. The summed E-state index contributed by atoms with van der Waals surface area (Å²) in [6.07, 6.45) is 3.10. The number of benzene rings is 3. The molecule has 1 N–H and O–H groups in total. The molecule has 9 heteroatoms. The number of thiazole rings is 1. The Labute approximate surface area is 228 Å². The van der Waals surface area contributed by atoms with Crippen molar-refractivity contribution in [3.05, 3.63) is 94.3 Å². The van der Waals surface area contributed by atoms with Gasteiger partial charge in [0, 0.05) is 10.6 Å². The highest BCUT2D eigenvalue weighted by molar-refractivity contribution is 7.22. The molecule has 1 fully saturated rings. The maximum Gasteiger partial charge on any atom is 0.301 e. The van der Waals surface area contributed by atoms with Crippen LogP contribution in [0.3, 0.4) is 0 Å². The number of aliphatic hydroxyl groups is 1. The molecule has 0 radical (unpaired) electrons. The Morgan fingerprint density at radius 1 is 1.08 bits per heavy atom. The second-order valence-electron chi connectivity index (χ2n) is 8.91. The number of rotatable bonds is 8. The molecular formula is C29H24ClFN2O4S. The highest BCUT2D eigenvalue weighted by atomic mass is 35.5. The van der Waals surface area contributed by atoms with Crippen LogP contribution in [0.1, 0.15) is 43.4 Å². The van der Waals surface area contributed by atoms with Crippen LogP contribution in [-0.4, -0.2) is 28.4 Å². The van der Waals surface area contributed by atoms with Crippen LogP contribution in [0, 0.1) is 5.82 Å². The van der Waals surface area contributed by atoms with E-state index in [4.69, 9.17) is 16.3 Å². The minimum absolute atomic E-state index is 0.0700. The van der Waals surface area contributed by atoms with Crippen molar-refractivity contribution in [2.24, 2.45) is 0 Å². The average molecular weight is 551 g/mol. The minimum Gasteiger partial charge on any atom is -0.507 e. The molecule has 1 amide bonds. The van der Waals surface area contributed by atoms with Gasteiger partial charge in [-0.2, -0.15) is 0 Å². The molecule has 3 aromatic carbocycles. The number of nitrogens with zero attached hydrogens (tertiary/aromatic N) is 2. The number of carbonyl (C=O) groups is 2. The van der Waals surface area contributed by atoms with Crippen molar-refractivity contribution in [3.63, 3.8) is 0 Å². The molecule has 1 aromatic heterocycles. The quantitative estimate of drug-likeness (QED) is 0.108. The van der Waals surface area contributed by atoms with E-state index < -0.39 is 23.5 Å². The summed E-state index contributed by atoms with van der Waals surface area (Å²) >= 11 is 7.10. The van der Waals surface area contributed by atoms with Crippen LogP contribution in [0.15, 0.2) is 72.3 Å². The fraction of sp³-hybridized carbons (Fsp3) is 0.207. The van der Waals surface area contributed by atoms with E-state index in [9.17, 15) is 19.1 Å². The molecule has 1 atom stereocenters. The molecule has 1 unspecified atom stereocenters. The molecule has 0 aliphatic carbocycles. The largest absolute Gasteiger partial charge is 0.507 e. The summed E-state index contributed by atoms with van der Waals surface area (Å²) in [5, 5.41) is 11.9. The summed E-state index contributed by atoms with van der Waals surface area (Å²) in [5.41, 5.74) is 1.37. The molecule has 38 heavy (non-hydrogen) atoms. The maximum absolute atomic E-state index is 13.8. The normalized spacial score (nSPS) is 16.9. The molecule has 0 spiro atoms. The number of amides is 1. The second-order valence-corrected chi connectivity index (χ2v) is 10.4. The minimum atomic E-state index is -0.953. The highest BCUT2D eigenvalue weighted by Crippen LogP contribution is 2.44. The van der Waals surface area contributed by atoms with Crippen LogP contribution < -0.4 is 9.64 Å². The van der Waals surface area contributed by atoms with Crippen molar-refractivity contribution in [2.45, 2.75) is 32.2 Å². The van der Waals surface area contributed by atoms with Crippen molar-refractivity contribution >= 4 is 55.7 Å². The lowest BCUT2D eigenvalue weighted by atomic mass is 9.95. The van der Waals surface area contributed by atoms with Gasteiger partial charge in [0.25, 0.3) is 5.78 Å². The van der Waals surface area contributed by atoms with Crippen molar-refractivity contribution in [2.75, 3.05) is 11.5 Å². The van der Waals surface area contributed by atoms with Crippen molar-refractivity contribution in [1.82, 2.24) is 4.98 Å². The summed E-state index contributed by atoms with van der Waals surface area (Å²) < 4.78 is 20.2. The zero-order chi connectivity index (χ0) is 26.8. The fourth-order valence-corrected chi connectivity index (χ4v) is 5.53. The number of aromatic nitrogens is 1. The smallest absolute Gasteiger partial charge is 0.301 e. The third-order valence-electron chi connectivity index (χ3n) is 6.32. The number of Topliss-reactive ketones (excluding diaryl/α,β-unsaturated/α-hetero) is 1. The number of hydrogen-bond donors (Lipinski definition) is 1. The Bertz CT molecular complexity index is 1530. The van der Waals surface area contributed by atoms with Gasteiger partial charge in [0.05, 0.1) is 28.4 Å². The van der Waals surface area contributed by atoms with E-state index in [1.165, 1.54) is 23.1 Å². The lowest BCUT2D eigenvalue weighted by Gasteiger charge is -2.23. The van der Waals surface area contributed by atoms with Gasteiger partial charge in [-0.15, -0.1) is 0 Å². The summed E-state index contributed by atoms with van der Waals surface area (Å²) in [6.45, 7) is 2.71. The molecule has 2 heterocycles. The van der Waals surface area contributed by atoms with E-state index in [0.717, 1.165) is 30.6 Å². The Balaban J connectivity index is 1.60. The number of ether oxygens (including phenoxy) is 1. The van der Waals surface area contributed by atoms with Crippen LogP contribution in [0.2, 0.25) is 5.02 Å². The summed E-state index contributed by atoms with van der Waals surface area (Å²) in [4.78, 5) is 32.5. The van der Waals surface area contributed by atoms with Crippen LogP contribution in [0.5, 0.6) is 5.75 Å². The Hall–Kier alpha value is -3.75. The lowest BCUT2D eigenvalue weighted by molar-refractivity contribution is -0.132. The van der Waals surface area contributed by atoms with E-state index in [0.29, 0.717) is 38.7 Å². The van der Waals surface area contributed by atoms with E-state index in [1.54, 1.807) is 48.5 Å². The molecular weight excluding hydrogens is 527 g/mol. The molecule has 1 aliphatic rings. The first-order valence-corrected chi connectivity index (χ1v) is 13.4. The number of anilines is 1. The van der Waals surface area contributed by atoms with Crippen molar-refractivity contribution < 1.29 is 23.8 Å². The number of aliphatic hydroxyl groups excluding tert-OH is 1. The molecule has 194 valence electrons. The Kier molecular flexibility index (Phi) is 7.44. The van der Waals surface area contributed by atoms with Gasteiger partial charge in [-0.25, -0.2) is 9.37 Å². The number of unbranched alkanes of at least 4 members (excludes halogenated alkanes) is 2. The van der Waals surface area contributed by atoms with Gasteiger partial charge < -0.3 is 9.84 Å². The zero-order valence-electron chi connectivity index (χ0n) is 20.5. The van der Waals surface area contributed by atoms with E-state index in [-0.39, 0.29) is 16.5 Å². The van der Waals surface area contributed by atoms with Gasteiger partial charge in [0.15, 0.2) is 5.13 Å². The van der Waals surface area contributed by atoms with Crippen molar-refractivity contribution in [3.8, 4) is 5.75 Å². The van der Waals surface area contributed by atoms with Crippen LogP contribution in [0.4, 0.5) is 9.52 Å². The third kappa shape index (κ3) is 5.01. The van der Waals surface area contributed by atoms with Crippen LogP contribution >= 0.6 is 22.9 Å². The molecule has 1 saturated heterocycles. The third-order valence-corrected chi connectivity index (χ3v) is 7.59. The van der Waals surface area contributed by atoms with Gasteiger partial charge >= 0.3 is 5.91 Å². The first kappa shape index (κ1) is 25.9. The van der Waals surface area contributed by atoms with Gasteiger partial charge in [0.1, 0.15) is 17.3 Å². The number of hydrogen-bond acceptors (Lipinski definition) is 6. The molecule has 0 bridgehead atoms. The first-order valence-electron chi connectivity index (χ1n) is 12.2. The second kappa shape index (κ2) is 10.9. The summed E-state index contributed by atoms with van der Waals surface area (Å²) in [7, 11) is 0. The van der Waals surface area contributed by atoms with Gasteiger partial charge in [-0.3, -0.25) is 14.5 Å². The first-order chi connectivity index (χ1) is 18.4. The van der Waals surface area contributed by atoms with Crippen LogP contribution in [0.25, 0.3) is 16.0 Å². The average Bonchev–Trinajstić information content (AvgIpc) is 3.44. The molecule has 6 nitrogen and oxygen atoms in total. The van der Waals surface area contributed by atoms with E-state index in [1.807, 2.05) is 0 Å². The van der Waals surface area contributed by atoms with E-state index >= 15 is 0 Å². The molecule has 0 saturated carbocycles. The summed E-state index contributed by atoms with van der Waals surface area (Å²) in [6, 6.07) is 16.6. The monoisotopic (exact) mass is 550 g/mol. The number of fused-ring (bicyclic) bond motifs is 1. The lowest BCUT2D eigenvalue weighted by Crippen LogP contribution is -2.29. The van der Waals surface area contributed by atoms with E-state index in [2.05, 4.69) is 11.9 Å². The predicted octanol–water partition coefficient (Wildman–Crippen LogP) is 7.28. The summed E-state index contributed by atoms with van der Waals surface area (Å²) in [5.74, 6) is -1.75. The molecule has 1 aliphatic heterocycles. The highest BCUT2D eigenvalue weighted by Gasteiger charge is 2.48. The van der Waals surface area contributed by atoms with Gasteiger partial charge in [-0.1, -0.05) is 54.8 Å². The number of carbonyl (C=O) groups excluding carboxylic acids is 2. The SMILES string of the molecule is CCCCCOc1ccc(C2/C(=C(\O)c3ccc(Cl)cc3)C(=O)C(=O)N2c2nc3ccc(F)cc3s2)cc1. The van der Waals surface area contributed by atoms with Gasteiger partial charge in [-0.05, 0) is 66.6 Å². The fourth-order valence-electron chi connectivity index (χ4n) is 4.39. The Morgan fingerprint density at radius 2 is 1.82 bits per heavy atom. The number of halogens is 2. The maximum atomic E-state index is 13.8. The Morgan fingerprint density at radius 3 is 2.53 bits per heavy atom. The van der Waals surface area contributed by atoms with Crippen LogP contribution in [-0.2, 0) is 9.59 Å². The standard InChI is InChI=1S/C29H24ClFN2O4S/c1-2-3-4-15-37-21-12-7-17(8-13-21)25-24(26(34)18-5-9-19(30)10-6-18)27(35)28(36)33(25)29-32-22-14-11-20(31)16-23(22)38-29/h5-14,16,25,34H,2-4,15H2,1H3/b26-24+. The number of ketones is 1. The zero-order valence-corrected chi connectivity index (χ0v) is 22.1. The molecule has 5 rings (SSSR count). The van der Waals surface area contributed by atoms with Gasteiger partial charge in [0.2, 0.25) is 0 Å². The van der Waals surface area contributed by atoms with Crippen molar-refractivity contribution in [1.29, 1.82) is 0 Å².